The number of hydrogen-bond donors (Lipinski definition) is 1. The third-order valence-corrected chi connectivity index (χ3v) is 3.49. The average Bonchev–Trinajstić information content (AvgIpc) is 2.75. The maximum Gasteiger partial charge on any atom is 0.194 e. The number of rotatable bonds is 4. The third kappa shape index (κ3) is 3.18. The number of benzene rings is 1. The van der Waals surface area contributed by atoms with Gasteiger partial charge in [-0.3, -0.25) is 0 Å². The van der Waals surface area contributed by atoms with Gasteiger partial charge in [-0.15, -0.1) is 0 Å². The minimum atomic E-state index is 0.652. The number of aryl methyl sites for hydroxylation is 1. The molecular weight excluding hydrogens is 348 g/mol. The summed E-state index contributed by atoms with van der Waals surface area (Å²) in [6.45, 7) is 0.652. The molecule has 0 aliphatic heterocycles. The first-order valence-corrected chi connectivity index (χ1v) is 6.89. The molecule has 0 bridgehead atoms. The van der Waals surface area contributed by atoms with Gasteiger partial charge in [0.2, 0.25) is 0 Å². The second-order valence-corrected chi connectivity index (χ2v) is 5.40. The highest BCUT2D eigenvalue weighted by Crippen LogP contribution is 2.31. The summed E-state index contributed by atoms with van der Waals surface area (Å²) >= 11 is 6.93. The molecule has 90 valence electrons. The van der Waals surface area contributed by atoms with Crippen molar-refractivity contribution in [3.05, 3.63) is 39.2 Å². The van der Waals surface area contributed by atoms with Crippen LogP contribution in [0.25, 0.3) is 11.3 Å². The standard InChI is InChI=1S/C12H12Br2N2O/c13-8-3-4-9(10(14)6-8)11-7-16-12(17-11)2-1-5-15/h3-4,6-7H,1-2,5,15H2. The minimum absolute atomic E-state index is 0.652. The molecule has 0 unspecified atom stereocenters. The summed E-state index contributed by atoms with van der Waals surface area (Å²) < 4.78 is 7.68. The molecule has 5 heteroatoms. The maximum atomic E-state index is 5.68. The van der Waals surface area contributed by atoms with Crippen molar-refractivity contribution in [2.75, 3.05) is 6.54 Å². The molecule has 0 fully saturated rings. The zero-order valence-corrected chi connectivity index (χ0v) is 12.3. The van der Waals surface area contributed by atoms with Crippen LogP contribution in [-0.4, -0.2) is 11.5 Å². The van der Waals surface area contributed by atoms with E-state index in [1.807, 2.05) is 18.2 Å². The number of halogens is 2. The summed E-state index contributed by atoms with van der Waals surface area (Å²) in [4.78, 5) is 4.24. The Kier molecular flexibility index (Phi) is 4.36. The summed E-state index contributed by atoms with van der Waals surface area (Å²) in [5, 5.41) is 0. The van der Waals surface area contributed by atoms with Crippen LogP contribution in [0.5, 0.6) is 0 Å². The summed E-state index contributed by atoms with van der Waals surface area (Å²) in [5.74, 6) is 1.51. The van der Waals surface area contributed by atoms with Crippen molar-refractivity contribution in [3.8, 4) is 11.3 Å². The molecule has 1 aromatic carbocycles. The van der Waals surface area contributed by atoms with E-state index in [1.54, 1.807) is 6.20 Å². The van der Waals surface area contributed by atoms with E-state index in [0.717, 1.165) is 39.0 Å². The van der Waals surface area contributed by atoms with Gasteiger partial charge in [-0.2, -0.15) is 0 Å². The largest absolute Gasteiger partial charge is 0.441 e. The van der Waals surface area contributed by atoms with Gasteiger partial charge in [0.1, 0.15) is 0 Å². The Hall–Kier alpha value is -0.650. The zero-order valence-electron chi connectivity index (χ0n) is 9.12. The van der Waals surface area contributed by atoms with Gasteiger partial charge in [0.05, 0.1) is 6.20 Å². The Morgan fingerprint density at radius 2 is 2.12 bits per heavy atom. The fraction of sp³-hybridized carbons (Fsp3) is 0.250. The van der Waals surface area contributed by atoms with Gasteiger partial charge in [-0.25, -0.2) is 4.98 Å². The van der Waals surface area contributed by atoms with Crippen LogP contribution in [0.3, 0.4) is 0 Å². The second-order valence-electron chi connectivity index (χ2n) is 3.63. The minimum Gasteiger partial charge on any atom is -0.441 e. The van der Waals surface area contributed by atoms with E-state index < -0.39 is 0 Å². The SMILES string of the molecule is NCCCc1ncc(-c2ccc(Br)cc2Br)o1. The van der Waals surface area contributed by atoms with Gasteiger partial charge in [0.25, 0.3) is 0 Å². The predicted octanol–water partition coefficient (Wildman–Crippen LogP) is 3.76. The van der Waals surface area contributed by atoms with Crippen LogP contribution in [0.1, 0.15) is 12.3 Å². The topological polar surface area (TPSA) is 52.0 Å². The van der Waals surface area contributed by atoms with Crippen LogP contribution in [0.4, 0.5) is 0 Å². The molecular formula is C12H12Br2N2O. The molecule has 0 aliphatic carbocycles. The van der Waals surface area contributed by atoms with Crippen molar-refractivity contribution >= 4 is 31.9 Å². The van der Waals surface area contributed by atoms with Crippen molar-refractivity contribution in [1.82, 2.24) is 4.98 Å². The molecule has 1 heterocycles. The summed E-state index contributed by atoms with van der Waals surface area (Å²) in [5.41, 5.74) is 6.45. The Bertz CT molecular complexity index is 511. The van der Waals surface area contributed by atoms with Crippen LogP contribution in [0.2, 0.25) is 0 Å². The summed E-state index contributed by atoms with van der Waals surface area (Å²) in [7, 11) is 0. The average molecular weight is 360 g/mol. The molecule has 0 amide bonds. The molecule has 0 saturated carbocycles. The van der Waals surface area contributed by atoms with Crippen molar-refractivity contribution < 1.29 is 4.42 Å². The lowest BCUT2D eigenvalue weighted by atomic mass is 10.2. The lowest BCUT2D eigenvalue weighted by Crippen LogP contribution is -2.00. The molecule has 0 saturated heterocycles. The third-order valence-electron chi connectivity index (χ3n) is 2.34. The zero-order chi connectivity index (χ0) is 12.3. The van der Waals surface area contributed by atoms with E-state index in [0.29, 0.717) is 6.54 Å². The first-order valence-electron chi connectivity index (χ1n) is 5.31. The first-order chi connectivity index (χ1) is 8.20. The summed E-state index contributed by atoms with van der Waals surface area (Å²) in [6.07, 6.45) is 3.42. The highest BCUT2D eigenvalue weighted by Gasteiger charge is 2.09. The van der Waals surface area contributed by atoms with Gasteiger partial charge >= 0.3 is 0 Å². The number of nitrogens with two attached hydrogens (primary N) is 1. The molecule has 0 aliphatic rings. The Labute approximate surface area is 117 Å². The molecule has 1 aromatic heterocycles. The second kappa shape index (κ2) is 5.80. The van der Waals surface area contributed by atoms with E-state index in [-0.39, 0.29) is 0 Å². The molecule has 2 N–H and O–H groups in total. The number of aromatic nitrogens is 1. The fourth-order valence-electron chi connectivity index (χ4n) is 1.49. The highest BCUT2D eigenvalue weighted by molar-refractivity contribution is 9.11. The molecule has 2 aromatic rings. The Morgan fingerprint density at radius 3 is 2.82 bits per heavy atom. The summed E-state index contributed by atoms with van der Waals surface area (Å²) in [6, 6.07) is 5.95. The van der Waals surface area contributed by atoms with Gasteiger partial charge < -0.3 is 10.2 Å². The lowest BCUT2D eigenvalue weighted by molar-refractivity contribution is 0.499. The smallest absolute Gasteiger partial charge is 0.194 e. The van der Waals surface area contributed by atoms with Crippen LogP contribution >= 0.6 is 31.9 Å². The van der Waals surface area contributed by atoms with Crippen molar-refractivity contribution in [1.29, 1.82) is 0 Å². The van der Waals surface area contributed by atoms with E-state index in [1.165, 1.54) is 0 Å². The van der Waals surface area contributed by atoms with Crippen molar-refractivity contribution in [2.24, 2.45) is 5.73 Å². The molecule has 0 radical (unpaired) electrons. The highest BCUT2D eigenvalue weighted by atomic mass is 79.9. The van der Waals surface area contributed by atoms with Crippen molar-refractivity contribution in [2.45, 2.75) is 12.8 Å². The molecule has 0 atom stereocenters. The van der Waals surface area contributed by atoms with Gasteiger partial charge in [-0.1, -0.05) is 15.9 Å². The fourth-order valence-corrected chi connectivity index (χ4v) is 2.74. The quantitative estimate of drug-likeness (QED) is 0.904. The Balaban J connectivity index is 2.24. The van der Waals surface area contributed by atoms with E-state index in [4.69, 9.17) is 10.2 Å². The van der Waals surface area contributed by atoms with Gasteiger partial charge in [0.15, 0.2) is 11.7 Å². The van der Waals surface area contributed by atoms with Crippen molar-refractivity contribution in [3.63, 3.8) is 0 Å². The molecule has 17 heavy (non-hydrogen) atoms. The van der Waals surface area contributed by atoms with Gasteiger partial charge in [-0.05, 0) is 47.1 Å². The van der Waals surface area contributed by atoms with E-state index in [2.05, 4.69) is 36.8 Å². The molecule has 0 spiro atoms. The van der Waals surface area contributed by atoms with Crippen LogP contribution < -0.4 is 5.73 Å². The number of hydrogen-bond acceptors (Lipinski definition) is 3. The van der Waals surface area contributed by atoms with Crippen LogP contribution in [0, 0.1) is 0 Å². The first kappa shape index (κ1) is 12.8. The van der Waals surface area contributed by atoms with Crippen LogP contribution in [0.15, 0.2) is 37.8 Å². The lowest BCUT2D eigenvalue weighted by Gasteiger charge is -2.00. The maximum absolute atomic E-state index is 5.68. The molecule has 3 nitrogen and oxygen atoms in total. The van der Waals surface area contributed by atoms with E-state index in [9.17, 15) is 0 Å². The number of nitrogens with zero attached hydrogens (tertiary/aromatic N) is 1. The monoisotopic (exact) mass is 358 g/mol. The normalized spacial score (nSPS) is 10.8. The Morgan fingerprint density at radius 1 is 1.29 bits per heavy atom. The number of oxazole rings is 1. The van der Waals surface area contributed by atoms with E-state index >= 15 is 0 Å². The predicted molar refractivity (Wildman–Crippen MR) is 74.7 cm³/mol. The molecule has 2 rings (SSSR count). The van der Waals surface area contributed by atoms with Crippen LogP contribution in [-0.2, 0) is 6.42 Å². The van der Waals surface area contributed by atoms with Gasteiger partial charge in [0, 0.05) is 20.9 Å².